The molecule has 1 aliphatic heterocycles. The van der Waals surface area contributed by atoms with Gasteiger partial charge in [0.25, 0.3) is 5.91 Å². The van der Waals surface area contributed by atoms with Gasteiger partial charge in [0.1, 0.15) is 11.1 Å². The molecule has 5 nitrogen and oxygen atoms in total. The van der Waals surface area contributed by atoms with Crippen LogP contribution in [0.3, 0.4) is 0 Å². The van der Waals surface area contributed by atoms with Gasteiger partial charge in [0.15, 0.2) is 0 Å². The minimum absolute atomic E-state index is 0.0308. The molecule has 1 aliphatic rings. The van der Waals surface area contributed by atoms with Gasteiger partial charge in [-0.2, -0.15) is 0 Å². The number of rotatable bonds is 3. The lowest BCUT2D eigenvalue weighted by atomic mass is 10.1. The van der Waals surface area contributed by atoms with Gasteiger partial charge < -0.3 is 14.6 Å². The number of para-hydroxylation sites is 1. The van der Waals surface area contributed by atoms with Gasteiger partial charge in [-0.3, -0.25) is 4.79 Å². The first-order valence-electron chi connectivity index (χ1n) is 7.64. The smallest absolute Gasteiger partial charge is 0.349 e. The Labute approximate surface area is 128 Å². The average molecular weight is 300 g/mol. The molecule has 0 aliphatic carbocycles. The standard InChI is InChI=1S/C17H20N2O3/c1-11(2)19(13-7-8-18-10-13)16(20)14-9-12-5-3-4-6-15(12)22-17(14)21/h3-6,9,11,13,18H,7-8,10H2,1-2H3. The van der Waals surface area contributed by atoms with E-state index in [2.05, 4.69) is 5.32 Å². The Morgan fingerprint density at radius 2 is 2.14 bits per heavy atom. The second-order valence-electron chi connectivity index (χ2n) is 5.94. The van der Waals surface area contributed by atoms with Gasteiger partial charge in [0, 0.05) is 24.0 Å². The fourth-order valence-corrected chi connectivity index (χ4v) is 3.05. The van der Waals surface area contributed by atoms with Crippen molar-refractivity contribution in [2.24, 2.45) is 0 Å². The molecular weight excluding hydrogens is 280 g/mol. The van der Waals surface area contributed by atoms with Crippen molar-refractivity contribution >= 4 is 16.9 Å². The molecule has 2 aromatic rings. The van der Waals surface area contributed by atoms with E-state index in [-0.39, 0.29) is 23.6 Å². The minimum atomic E-state index is -0.569. The van der Waals surface area contributed by atoms with Crippen LogP contribution in [0.2, 0.25) is 0 Å². The summed E-state index contributed by atoms with van der Waals surface area (Å²) in [6.45, 7) is 5.61. The van der Waals surface area contributed by atoms with Crippen LogP contribution in [0.15, 0.2) is 39.5 Å². The van der Waals surface area contributed by atoms with Crippen LogP contribution in [0.25, 0.3) is 11.0 Å². The van der Waals surface area contributed by atoms with Crippen LogP contribution in [-0.4, -0.2) is 36.0 Å². The minimum Gasteiger partial charge on any atom is -0.422 e. The van der Waals surface area contributed by atoms with Gasteiger partial charge in [0.2, 0.25) is 0 Å². The van der Waals surface area contributed by atoms with Gasteiger partial charge in [-0.05, 0) is 38.9 Å². The van der Waals surface area contributed by atoms with Crippen LogP contribution in [0, 0.1) is 0 Å². The summed E-state index contributed by atoms with van der Waals surface area (Å²) in [5, 5.41) is 4.03. The first-order chi connectivity index (χ1) is 10.6. The van der Waals surface area contributed by atoms with Crippen molar-refractivity contribution in [1.82, 2.24) is 10.2 Å². The first kappa shape index (κ1) is 14.8. The highest BCUT2D eigenvalue weighted by Crippen LogP contribution is 2.18. The summed E-state index contributed by atoms with van der Waals surface area (Å²) in [5.41, 5.74) is 0.0438. The fourth-order valence-electron chi connectivity index (χ4n) is 3.05. The highest BCUT2D eigenvalue weighted by Gasteiger charge is 2.31. The number of benzene rings is 1. The SMILES string of the molecule is CC(C)N(C(=O)c1cc2ccccc2oc1=O)C1CCNC1. The third-order valence-electron chi connectivity index (χ3n) is 4.09. The summed E-state index contributed by atoms with van der Waals surface area (Å²) >= 11 is 0. The highest BCUT2D eigenvalue weighted by atomic mass is 16.4. The molecule has 2 heterocycles. The quantitative estimate of drug-likeness (QED) is 0.881. The molecule has 1 atom stereocenters. The topological polar surface area (TPSA) is 62.6 Å². The molecule has 0 saturated carbocycles. The normalized spacial score (nSPS) is 18.0. The molecule has 1 fully saturated rings. The average Bonchev–Trinajstić information content (AvgIpc) is 3.00. The van der Waals surface area contributed by atoms with Crippen LogP contribution >= 0.6 is 0 Å². The van der Waals surface area contributed by atoms with E-state index in [9.17, 15) is 9.59 Å². The molecule has 1 aromatic heterocycles. The largest absolute Gasteiger partial charge is 0.422 e. The second kappa shape index (κ2) is 5.93. The number of carbonyl (C=O) groups excluding carboxylic acids is 1. The summed E-state index contributed by atoms with van der Waals surface area (Å²) in [5.74, 6) is -0.247. The number of nitrogens with zero attached hydrogens (tertiary/aromatic N) is 1. The van der Waals surface area contributed by atoms with Crippen molar-refractivity contribution in [2.75, 3.05) is 13.1 Å². The molecule has 3 rings (SSSR count). The van der Waals surface area contributed by atoms with Crippen molar-refractivity contribution in [1.29, 1.82) is 0 Å². The fraction of sp³-hybridized carbons (Fsp3) is 0.412. The molecule has 1 saturated heterocycles. The molecule has 116 valence electrons. The molecular formula is C17H20N2O3. The van der Waals surface area contributed by atoms with E-state index in [1.807, 2.05) is 26.0 Å². The molecule has 0 bridgehead atoms. The lowest BCUT2D eigenvalue weighted by Gasteiger charge is -2.32. The number of amides is 1. The summed E-state index contributed by atoms with van der Waals surface area (Å²) in [6.07, 6.45) is 0.906. The van der Waals surface area contributed by atoms with Crippen molar-refractivity contribution in [3.8, 4) is 0 Å². The van der Waals surface area contributed by atoms with Crippen LogP contribution < -0.4 is 10.9 Å². The van der Waals surface area contributed by atoms with Gasteiger partial charge >= 0.3 is 5.63 Å². The molecule has 5 heteroatoms. The maximum absolute atomic E-state index is 12.9. The van der Waals surface area contributed by atoms with Crippen molar-refractivity contribution < 1.29 is 9.21 Å². The van der Waals surface area contributed by atoms with E-state index in [1.54, 1.807) is 23.1 Å². The number of fused-ring (bicyclic) bond motifs is 1. The Morgan fingerprint density at radius 3 is 2.82 bits per heavy atom. The maximum atomic E-state index is 12.9. The molecule has 0 spiro atoms. The Balaban J connectivity index is 2.02. The lowest BCUT2D eigenvalue weighted by molar-refractivity contribution is 0.0622. The van der Waals surface area contributed by atoms with Gasteiger partial charge in [0.05, 0.1) is 0 Å². The monoisotopic (exact) mass is 300 g/mol. The van der Waals surface area contributed by atoms with Gasteiger partial charge in [-0.1, -0.05) is 18.2 Å². The van der Waals surface area contributed by atoms with Crippen molar-refractivity contribution in [2.45, 2.75) is 32.4 Å². The van der Waals surface area contributed by atoms with Crippen LogP contribution in [0.1, 0.15) is 30.6 Å². The van der Waals surface area contributed by atoms with E-state index in [1.165, 1.54) is 0 Å². The number of hydrogen-bond acceptors (Lipinski definition) is 4. The Bertz CT molecular complexity index is 745. The molecule has 22 heavy (non-hydrogen) atoms. The van der Waals surface area contributed by atoms with Crippen LogP contribution in [-0.2, 0) is 0 Å². The summed E-state index contributed by atoms with van der Waals surface area (Å²) in [4.78, 5) is 26.9. The lowest BCUT2D eigenvalue weighted by Crippen LogP contribution is -2.47. The molecule has 1 aromatic carbocycles. The van der Waals surface area contributed by atoms with E-state index in [0.29, 0.717) is 5.58 Å². The van der Waals surface area contributed by atoms with E-state index < -0.39 is 5.63 Å². The first-order valence-corrected chi connectivity index (χ1v) is 7.64. The number of nitrogens with one attached hydrogen (secondary N) is 1. The second-order valence-corrected chi connectivity index (χ2v) is 5.94. The molecule has 1 amide bonds. The maximum Gasteiger partial charge on any atom is 0.349 e. The summed E-state index contributed by atoms with van der Waals surface area (Å²) < 4.78 is 5.29. The highest BCUT2D eigenvalue weighted by molar-refractivity contribution is 5.97. The third kappa shape index (κ3) is 2.64. The molecule has 1 N–H and O–H groups in total. The van der Waals surface area contributed by atoms with Crippen LogP contribution in [0.4, 0.5) is 0 Å². The predicted molar refractivity (Wildman–Crippen MR) is 85.1 cm³/mol. The zero-order valence-corrected chi connectivity index (χ0v) is 12.8. The van der Waals surface area contributed by atoms with Gasteiger partial charge in [-0.25, -0.2) is 4.79 Å². The number of hydrogen-bond donors (Lipinski definition) is 1. The number of carbonyl (C=O) groups is 1. The zero-order valence-electron chi connectivity index (χ0n) is 12.8. The molecule has 1 unspecified atom stereocenters. The predicted octanol–water partition coefficient (Wildman–Crippen LogP) is 2.01. The van der Waals surface area contributed by atoms with Crippen LogP contribution in [0.5, 0.6) is 0 Å². The van der Waals surface area contributed by atoms with Crippen molar-refractivity contribution in [3.05, 3.63) is 46.3 Å². The summed E-state index contributed by atoms with van der Waals surface area (Å²) in [6, 6.07) is 9.02. The van der Waals surface area contributed by atoms with E-state index in [0.717, 1.165) is 24.9 Å². The Morgan fingerprint density at radius 1 is 1.36 bits per heavy atom. The zero-order chi connectivity index (χ0) is 15.7. The molecule has 0 radical (unpaired) electrons. The Hall–Kier alpha value is -2.14. The van der Waals surface area contributed by atoms with Gasteiger partial charge in [-0.15, -0.1) is 0 Å². The van der Waals surface area contributed by atoms with E-state index in [4.69, 9.17) is 4.42 Å². The third-order valence-corrected chi connectivity index (χ3v) is 4.09. The summed E-state index contributed by atoms with van der Waals surface area (Å²) in [7, 11) is 0. The Kier molecular flexibility index (Phi) is 3.98. The van der Waals surface area contributed by atoms with Crippen molar-refractivity contribution in [3.63, 3.8) is 0 Å². The van der Waals surface area contributed by atoms with E-state index >= 15 is 0 Å².